The van der Waals surface area contributed by atoms with Crippen LogP contribution in [0.5, 0.6) is 0 Å². The summed E-state index contributed by atoms with van der Waals surface area (Å²) < 4.78 is 0. The van der Waals surface area contributed by atoms with Gasteiger partial charge in [-0.05, 0) is 30.5 Å². The van der Waals surface area contributed by atoms with E-state index in [0.717, 1.165) is 24.2 Å². The number of benzene rings is 1. The molecule has 26 heavy (non-hydrogen) atoms. The van der Waals surface area contributed by atoms with Crippen LogP contribution in [0.1, 0.15) is 44.6 Å². The molecule has 4 amide bonds. The number of carbonyl (C=O) groups is 3. The molecule has 2 rings (SSSR count). The molecule has 0 aliphatic carbocycles. The summed E-state index contributed by atoms with van der Waals surface area (Å²) in [4.78, 5) is 37.8. The Balaban J connectivity index is 1.93. The zero-order valence-corrected chi connectivity index (χ0v) is 16.2. The van der Waals surface area contributed by atoms with Gasteiger partial charge in [0.25, 0.3) is 0 Å². The number of hydrogen-bond acceptors (Lipinski definition) is 3. The summed E-state index contributed by atoms with van der Waals surface area (Å²) in [7, 11) is 0. The Morgan fingerprint density at radius 1 is 1.23 bits per heavy atom. The first-order valence-corrected chi connectivity index (χ1v) is 9.51. The Labute approximate surface area is 163 Å². The van der Waals surface area contributed by atoms with E-state index in [0.29, 0.717) is 28.6 Å². The lowest BCUT2D eigenvalue weighted by Gasteiger charge is -2.22. The maximum atomic E-state index is 12.5. The molecule has 6 nitrogen and oxygen atoms in total. The van der Waals surface area contributed by atoms with Gasteiger partial charge in [-0.2, -0.15) is 0 Å². The van der Waals surface area contributed by atoms with E-state index in [4.69, 9.17) is 23.2 Å². The van der Waals surface area contributed by atoms with Crippen LogP contribution >= 0.6 is 23.2 Å². The second-order valence-electron chi connectivity index (χ2n) is 6.21. The largest absolute Gasteiger partial charge is 0.350 e. The van der Waals surface area contributed by atoms with Crippen LogP contribution in [0, 0.1) is 0 Å². The molecule has 0 aromatic heterocycles. The minimum absolute atomic E-state index is 0.183. The molecule has 142 valence electrons. The van der Waals surface area contributed by atoms with Crippen LogP contribution in [0.2, 0.25) is 10.0 Å². The maximum Gasteiger partial charge on any atom is 0.324 e. The van der Waals surface area contributed by atoms with Crippen LogP contribution in [0.3, 0.4) is 0 Å². The fourth-order valence-corrected chi connectivity index (χ4v) is 3.28. The number of urea groups is 1. The third-order valence-electron chi connectivity index (χ3n) is 4.26. The Bertz CT molecular complexity index is 682. The van der Waals surface area contributed by atoms with Gasteiger partial charge in [0, 0.05) is 29.6 Å². The molecule has 1 saturated heterocycles. The van der Waals surface area contributed by atoms with E-state index >= 15 is 0 Å². The highest BCUT2D eigenvalue weighted by Crippen LogP contribution is 2.22. The van der Waals surface area contributed by atoms with Crippen molar-refractivity contribution >= 4 is 41.0 Å². The van der Waals surface area contributed by atoms with Gasteiger partial charge in [-0.15, -0.1) is 0 Å². The van der Waals surface area contributed by atoms with Gasteiger partial charge in [0.05, 0.1) is 0 Å². The highest BCUT2D eigenvalue weighted by atomic mass is 35.5. The van der Waals surface area contributed by atoms with Crippen molar-refractivity contribution in [3.05, 3.63) is 33.8 Å². The van der Waals surface area contributed by atoms with Gasteiger partial charge in [0.15, 0.2) is 0 Å². The molecule has 1 aliphatic heterocycles. The van der Waals surface area contributed by atoms with Crippen LogP contribution in [-0.4, -0.2) is 35.3 Å². The molecular formula is C18H23Cl2N3O3. The highest BCUT2D eigenvalue weighted by Gasteiger charge is 2.40. The first kappa shape index (κ1) is 20.5. The van der Waals surface area contributed by atoms with E-state index in [1.165, 1.54) is 0 Å². The number of halogens is 2. The number of nitrogens with zero attached hydrogens (tertiary/aromatic N) is 1. The lowest BCUT2D eigenvalue weighted by molar-refractivity contribution is -0.132. The summed E-state index contributed by atoms with van der Waals surface area (Å²) >= 11 is 11.9. The van der Waals surface area contributed by atoms with Crippen molar-refractivity contribution in [2.24, 2.45) is 0 Å². The van der Waals surface area contributed by atoms with Crippen LogP contribution in [-0.2, 0) is 16.1 Å². The SMILES string of the molecule is CCCCCNC(=O)N1C(=O)CCC1C(=O)NCc1ccc(Cl)cc1Cl. The highest BCUT2D eigenvalue weighted by molar-refractivity contribution is 6.35. The van der Waals surface area contributed by atoms with Gasteiger partial charge in [0.1, 0.15) is 6.04 Å². The van der Waals surface area contributed by atoms with Crippen molar-refractivity contribution < 1.29 is 14.4 Å². The molecule has 0 saturated carbocycles. The molecule has 0 spiro atoms. The number of likely N-dealkylation sites (tertiary alicyclic amines) is 1. The molecule has 0 radical (unpaired) electrons. The number of nitrogens with one attached hydrogen (secondary N) is 2. The molecule has 1 unspecified atom stereocenters. The minimum atomic E-state index is -0.792. The number of rotatable bonds is 7. The first-order valence-electron chi connectivity index (χ1n) is 8.75. The van der Waals surface area contributed by atoms with Crippen molar-refractivity contribution in [2.45, 2.75) is 51.6 Å². The number of imide groups is 1. The van der Waals surface area contributed by atoms with Crippen molar-refractivity contribution in [3.8, 4) is 0 Å². The smallest absolute Gasteiger partial charge is 0.324 e. The lowest BCUT2D eigenvalue weighted by Crippen LogP contribution is -2.51. The first-order chi connectivity index (χ1) is 12.4. The number of hydrogen-bond donors (Lipinski definition) is 2. The summed E-state index contributed by atoms with van der Waals surface area (Å²) in [6.45, 7) is 2.76. The maximum absolute atomic E-state index is 12.5. The van der Waals surface area contributed by atoms with E-state index in [1.54, 1.807) is 18.2 Å². The third kappa shape index (κ3) is 5.35. The van der Waals surface area contributed by atoms with Gasteiger partial charge >= 0.3 is 6.03 Å². The molecule has 2 N–H and O–H groups in total. The summed E-state index contributed by atoms with van der Waals surface area (Å²) in [5.74, 6) is -0.701. The van der Waals surface area contributed by atoms with Crippen molar-refractivity contribution in [1.29, 1.82) is 0 Å². The van der Waals surface area contributed by atoms with Gasteiger partial charge in [-0.25, -0.2) is 4.79 Å². The minimum Gasteiger partial charge on any atom is -0.350 e. The van der Waals surface area contributed by atoms with Crippen LogP contribution in [0.25, 0.3) is 0 Å². The molecular weight excluding hydrogens is 377 g/mol. The van der Waals surface area contributed by atoms with E-state index in [-0.39, 0.29) is 24.8 Å². The molecule has 1 heterocycles. The Morgan fingerprint density at radius 2 is 2.00 bits per heavy atom. The fraction of sp³-hybridized carbons (Fsp3) is 0.500. The Kier molecular flexibility index (Phi) is 7.72. The van der Waals surface area contributed by atoms with Crippen molar-refractivity contribution in [1.82, 2.24) is 15.5 Å². The quantitative estimate of drug-likeness (QED) is 0.688. The second-order valence-corrected chi connectivity index (χ2v) is 7.05. The fourth-order valence-electron chi connectivity index (χ4n) is 2.81. The molecule has 1 fully saturated rings. The lowest BCUT2D eigenvalue weighted by atomic mass is 10.2. The van der Waals surface area contributed by atoms with Gasteiger partial charge in [-0.1, -0.05) is 49.0 Å². The average Bonchev–Trinajstić information content (AvgIpc) is 2.99. The summed E-state index contributed by atoms with van der Waals surface area (Å²) in [6.07, 6.45) is 3.39. The zero-order valence-electron chi connectivity index (χ0n) is 14.7. The predicted molar refractivity (Wildman–Crippen MR) is 101 cm³/mol. The van der Waals surface area contributed by atoms with Gasteiger partial charge in [-0.3, -0.25) is 14.5 Å². The van der Waals surface area contributed by atoms with Crippen LogP contribution in [0.15, 0.2) is 18.2 Å². The monoisotopic (exact) mass is 399 g/mol. The van der Waals surface area contributed by atoms with E-state index < -0.39 is 12.1 Å². The predicted octanol–water partition coefficient (Wildman–Crippen LogP) is 3.50. The standard InChI is InChI=1S/C18H23Cl2N3O3/c1-2-3-4-9-21-18(26)23-15(7-8-16(23)24)17(25)22-11-12-5-6-13(19)10-14(12)20/h5-6,10,15H,2-4,7-9,11H2,1H3,(H,21,26)(H,22,25). The van der Waals surface area contributed by atoms with Crippen LogP contribution in [0.4, 0.5) is 4.79 Å². The molecule has 1 aromatic rings. The van der Waals surface area contributed by atoms with Gasteiger partial charge in [0.2, 0.25) is 11.8 Å². The van der Waals surface area contributed by atoms with E-state index in [1.807, 2.05) is 0 Å². The number of unbranched alkanes of at least 4 members (excludes halogenated alkanes) is 2. The summed E-state index contributed by atoms with van der Waals surface area (Å²) in [6, 6.07) is 3.71. The molecule has 1 aliphatic rings. The number of carbonyl (C=O) groups excluding carboxylic acids is 3. The Hall–Kier alpha value is -1.79. The normalized spacial score (nSPS) is 16.7. The third-order valence-corrected chi connectivity index (χ3v) is 4.85. The van der Waals surface area contributed by atoms with E-state index in [9.17, 15) is 14.4 Å². The molecule has 1 atom stereocenters. The molecule has 1 aromatic carbocycles. The van der Waals surface area contributed by atoms with Crippen molar-refractivity contribution in [2.75, 3.05) is 6.54 Å². The van der Waals surface area contributed by atoms with Crippen LogP contribution < -0.4 is 10.6 Å². The topological polar surface area (TPSA) is 78.5 Å². The average molecular weight is 400 g/mol. The number of amides is 4. The van der Waals surface area contributed by atoms with Crippen molar-refractivity contribution in [3.63, 3.8) is 0 Å². The molecule has 0 bridgehead atoms. The Morgan fingerprint density at radius 3 is 2.69 bits per heavy atom. The van der Waals surface area contributed by atoms with E-state index in [2.05, 4.69) is 17.6 Å². The van der Waals surface area contributed by atoms with Gasteiger partial charge < -0.3 is 10.6 Å². The molecule has 8 heteroatoms. The second kappa shape index (κ2) is 9.78. The summed E-state index contributed by atoms with van der Waals surface area (Å²) in [5, 5.41) is 6.42. The summed E-state index contributed by atoms with van der Waals surface area (Å²) in [5.41, 5.74) is 0.712. The zero-order chi connectivity index (χ0) is 19.1.